The van der Waals surface area contributed by atoms with E-state index >= 15 is 4.39 Å². The number of hydrogen-bond acceptors (Lipinski definition) is 8. The minimum atomic E-state index is -1.23. The van der Waals surface area contributed by atoms with Gasteiger partial charge in [0.1, 0.15) is 5.69 Å². The SMILES string of the molecule is CN(Cc1ccc(Cl)s1)c1c(F)c(C2CCCN(C(=O)N3CCC(O)C3)C2=O)nn1C(=O)c1cccc(C(=O)O)c1. The third-order valence-electron chi connectivity index (χ3n) is 7.20. The second-order valence-electron chi connectivity index (χ2n) is 10.0. The van der Waals surface area contributed by atoms with E-state index in [2.05, 4.69) is 5.10 Å². The second kappa shape index (κ2) is 11.6. The summed E-state index contributed by atoms with van der Waals surface area (Å²) in [5.74, 6) is -4.88. The average Bonchev–Trinajstić information content (AvgIpc) is 3.66. The summed E-state index contributed by atoms with van der Waals surface area (Å²) >= 11 is 7.34. The van der Waals surface area contributed by atoms with Crippen LogP contribution in [0.5, 0.6) is 0 Å². The number of carbonyl (C=O) groups excluding carboxylic acids is 3. The van der Waals surface area contributed by atoms with Crippen molar-refractivity contribution in [1.82, 2.24) is 19.6 Å². The van der Waals surface area contributed by atoms with Crippen molar-refractivity contribution in [2.45, 2.75) is 37.8 Å². The highest BCUT2D eigenvalue weighted by atomic mass is 35.5. The molecule has 2 aromatic heterocycles. The van der Waals surface area contributed by atoms with E-state index in [-0.39, 0.29) is 48.7 Å². The van der Waals surface area contributed by atoms with Crippen LogP contribution in [0.15, 0.2) is 36.4 Å². The Hall–Kier alpha value is -3.81. The first-order valence-corrected chi connectivity index (χ1v) is 14.1. The Balaban J connectivity index is 1.52. The van der Waals surface area contributed by atoms with Crippen molar-refractivity contribution in [1.29, 1.82) is 0 Å². The number of aliphatic hydroxyl groups is 1. The number of halogens is 2. The molecule has 14 heteroatoms. The smallest absolute Gasteiger partial charge is 0.335 e. The number of amides is 3. The van der Waals surface area contributed by atoms with Crippen LogP contribution >= 0.6 is 22.9 Å². The molecule has 3 aromatic rings. The van der Waals surface area contributed by atoms with Crippen LogP contribution in [0.25, 0.3) is 0 Å². The number of benzene rings is 1. The standard InChI is InChI=1S/C27H27ClFN5O6S/c1-31(14-18-7-8-20(28)41-18)23-21(29)22(30-34(23)24(36)15-4-2-5-16(12-15)26(38)39)19-6-3-10-33(25(19)37)27(40)32-11-9-17(35)13-32/h2,4-5,7-8,12,17,19,35H,3,6,9-11,13-14H2,1H3,(H,38,39). The third-order valence-corrected chi connectivity index (χ3v) is 8.41. The molecule has 0 radical (unpaired) electrons. The number of rotatable bonds is 6. The van der Waals surface area contributed by atoms with Gasteiger partial charge in [-0.2, -0.15) is 9.78 Å². The van der Waals surface area contributed by atoms with E-state index in [1.54, 1.807) is 19.2 Å². The molecular formula is C27H27ClFN5O6S. The molecule has 0 aliphatic carbocycles. The number of urea groups is 1. The lowest BCUT2D eigenvalue weighted by atomic mass is 9.93. The fraction of sp³-hybridized carbons (Fsp3) is 0.370. The first-order valence-electron chi connectivity index (χ1n) is 12.9. The molecule has 2 aliphatic rings. The Morgan fingerprint density at radius 3 is 2.59 bits per heavy atom. The minimum Gasteiger partial charge on any atom is -0.478 e. The molecule has 0 spiro atoms. The molecule has 2 N–H and O–H groups in total. The zero-order valence-electron chi connectivity index (χ0n) is 22.0. The van der Waals surface area contributed by atoms with Gasteiger partial charge in [-0.05, 0) is 49.6 Å². The monoisotopic (exact) mass is 603 g/mol. The van der Waals surface area contributed by atoms with E-state index in [4.69, 9.17) is 11.6 Å². The molecule has 2 saturated heterocycles. The quantitative estimate of drug-likeness (QED) is 0.436. The molecule has 41 heavy (non-hydrogen) atoms. The van der Waals surface area contributed by atoms with Crippen molar-refractivity contribution in [3.8, 4) is 0 Å². The lowest BCUT2D eigenvalue weighted by Crippen LogP contribution is -2.50. The summed E-state index contributed by atoms with van der Waals surface area (Å²) in [6.45, 7) is 0.739. The van der Waals surface area contributed by atoms with Crippen molar-refractivity contribution in [2.75, 3.05) is 31.6 Å². The molecule has 0 bridgehead atoms. The summed E-state index contributed by atoms with van der Waals surface area (Å²) in [5.41, 5.74) is -0.439. The number of β-amino-alcohol motifs (C(OH)–C–C–N with tert-alkyl or cyclic N) is 1. The van der Waals surface area contributed by atoms with Gasteiger partial charge < -0.3 is 20.0 Å². The summed E-state index contributed by atoms with van der Waals surface area (Å²) in [6.07, 6.45) is 0.362. The Morgan fingerprint density at radius 1 is 1.17 bits per heavy atom. The van der Waals surface area contributed by atoms with E-state index in [1.165, 1.54) is 45.4 Å². The number of thiophene rings is 1. The zero-order valence-corrected chi connectivity index (χ0v) is 23.6. The fourth-order valence-corrected chi connectivity index (χ4v) is 6.30. The summed E-state index contributed by atoms with van der Waals surface area (Å²) < 4.78 is 17.7. The normalized spacial score (nSPS) is 19.1. The van der Waals surface area contributed by atoms with Crippen LogP contribution in [0.2, 0.25) is 4.34 Å². The average molecular weight is 604 g/mol. The number of piperidine rings is 1. The fourth-order valence-electron chi connectivity index (χ4n) is 5.16. The van der Waals surface area contributed by atoms with E-state index in [1.807, 2.05) is 0 Å². The highest BCUT2D eigenvalue weighted by Crippen LogP contribution is 2.35. The first kappa shape index (κ1) is 28.7. The molecule has 2 atom stereocenters. The van der Waals surface area contributed by atoms with Crippen LogP contribution in [0.3, 0.4) is 0 Å². The maximum atomic E-state index is 16.3. The Bertz CT molecular complexity index is 1530. The molecule has 1 aromatic carbocycles. The topological polar surface area (TPSA) is 136 Å². The van der Waals surface area contributed by atoms with Gasteiger partial charge in [0.15, 0.2) is 11.6 Å². The maximum absolute atomic E-state index is 16.3. The summed E-state index contributed by atoms with van der Waals surface area (Å²) in [4.78, 5) is 56.4. The van der Waals surface area contributed by atoms with Crippen LogP contribution < -0.4 is 4.90 Å². The molecule has 0 saturated carbocycles. The maximum Gasteiger partial charge on any atom is 0.335 e. The number of carboxylic acid groups (broad SMARTS) is 1. The van der Waals surface area contributed by atoms with Gasteiger partial charge >= 0.3 is 12.0 Å². The molecule has 2 unspecified atom stereocenters. The van der Waals surface area contributed by atoms with Gasteiger partial charge in [0.25, 0.3) is 5.91 Å². The van der Waals surface area contributed by atoms with Gasteiger partial charge in [-0.15, -0.1) is 11.3 Å². The third kappa shape index (κ3) is 5.69. The van der Waals surface area contributed by atoms with E-state index < -0.39 is 41.7 Å². The first-order chi connectivity index (χ1) is 19.5. The number of aromatic carboxylic acids is 1. The minimum absolute atomic E-state index is 0.0351. The van der Waals surface area contributed by atoms with Gasteiger partial charge in [-0.1, -0.05) is 17.7 Å². The molecule has 11 nitrogen and oxygen atoms in total. The number of carboxylic acids is 1. The van der Waals surface area contributed by atoms with Crippen molar-refractivity contribution < 1.29 is 33.8 Å². The Kier molecular flexibility index (Phi) is 8.11. The van der Waals surface area contributed by atoms with Crippen LogP contribution in [0.4, 0.5) is 15.0 Å². The van der Waals surface area contributed by atoms with E-state index in [0.29, 0.717) is 23.7 Å². The second-order valence-corrected chi connectivity index (χ2v) is 11.8. The van der Waals surface area contributed by atoms with Gasteiger partial charge in [0.2, 0.25) is 5.91 Å². The van der Waals surface area contributed by atoms with Crippen molar-refractivity contribution in [3.05, 3.63) is 68.2 Å². The molecule has 3 amide bonds. The number of aromatic nitrogens is 2. The lowest BCUT2D eigenvalue weighted by molar-refractivity contribution is -0.132. The number of nitrogens with zero attached hydrogens (tertiary/aromatic N) is 5. The highest BCUT2D eigenvalue weighted by Gasteiger charge is 2.41. The summed E-state index contributed by atoms with van der Waals surface area (Å²) in [6, 6.07) is 8.21. The van der Waals surface area contributed by atoms with Gasteiger partial charge in [-0.3, -0.25) is 14.5 Å². The van der Waals surface area contributed by atoms with Crippen molar-refractivity contribution in [3.63, 3.8) is 0 Å². The van der Waals surface area contributed by atoms with Gasteiger partial charge in [0, 0.05) is 37.1 Å². The largest absolute Gasteiger partial charge is 0.478 e. The number of aliphatic hydroxyl groups excluding tert-OH is 1. The van der Waals surface area contributed by atoms with Crippen molar-refractivity contribution in [2.24, 2.45) is 0 Å². The van der Waals surface area contributed by atoms with Crippen LogP contribution in [0, 0.1) is 5.82 Å². The molecule has 216 valence electrons. The number of anilines is 1. The van der Waals surface area contributed by atoms with E-state index in [0.717, 1.165) is 14.5 Å². The zero-order chi connectivity index (χ0) is 29.4. The molecular weight excluding hydrogens is 577 g/mol. The number of likely N-dealkylation sites (tertiary alicyclic amines) is 2. The lowest BCUT2D eigenvalue weighted by Gasteiger charge is -2.32. The van der Waals surface area contributed by atoms with Crippen LogP contribution in [-0.2, 0) is 11.3 Å². The molecule has 2 aliphatic heterocycles. The van der Waals surface area contributed by atoms with E-state index in [9.17, 15) is 29.4 Å². The molecule has 5 rings (SSSR count). The van der Waals surface area contributed by atoms with Crippen LogP contribution in [0.1, 0.15) is 56.5 Å². The molecule has 4 heterocycles. The van der Waals surface area contributed by atoms with Gasteiger partial charge in [-0.25, -0.2) is 14.0 Å². The Morgan fingerprint density at radius 2 is 1.93 bits per heavy atom. The predicted molar refractivity (Wildman–Crippen MR) is 148 cm³/mol. The Labute approximate surface area is 243 Å². The summed E-state index contributed by atoms with van der Waals surface area (Å²) in [7, 11) is 1.56. The molecule has 2 fully saturated rings. The van der Waals surface area contributed by atoms with Crippen LogP contribution in [-0.4, -0.2) is 86.4 Å². The highest BCUT2D eigenvalue weighted by molar-refractivity contribution is 7.16. The van der Waals surface area contributed by atoms with Crippen molar-refractivity contribution >= 4 is 52.6 Å². The summed E-state index contributed by atoms with van der Waals surface area (Å²) in [5, 5.41) is 23.5. The number of imide groups is 1. The predicted octanol–water partition coefficient (Wildman–Crippen LogP) is 3.65. The number of carbonyl (C=O) groups is 4. The van der Waals surface area contributed by atoms with Gasteiger partial charge in [0.05, 0.1) is 28.5 Å². The number of hydrogen-bond donors (Lipinski definition) is 2.